The predicted octanol–water partition coefficient (Wildman–Crippen LogP) is 4.27. The van der Waals surface area contributed by atoms with Crippen LogP contribution in [0.4, 0.5) is 10.1 Å². The van der Waals surface area contributed by atoms with Crippen LogP contribution >= 0.6 is 0 Å². The minimum atomic E-state index is -0.330. The number of hydrogen-bond acceptors (Lipinski definition) is 2. The molecule has 2 nitrogen and oxygen atoms in total. The van der Waals surface area contributed by atoms with Gasteiger partial charge in [-0.2, -0.15) is 0 Å². The number of anilines is 1. The fraction of sp³-hybridized carbons (Fsp3) is 0.294. The second-order valence-corrected chi connectivity index (χ2v) is 4.81. The molecule has 0 aromatic heterocycles. The van der Waals surface area contributed by atoms with E-state index in [2.05, 4.69) is 24.4 Å². The molecule has 1 N–H and O–H groups in total. The molecule has 0 aliphatic carbocycles. The Morgan fingerprint density at radius 3 is 2.55 bits per heavy atom. The molecule has 0 radical (unpaired) electrons. The third-order valence-electron chi connectivity index (χ3n) is 3.03. The minimum Gasteiger partial charge on any atom is -0.491 e. The van der Waals surface area contributed by atoms with Gasteiger partial charge in [0.15, 0.2) is 11.6 Å². The van der Waals surface area contributed by atoms with Gasteiger partial charge in [-0.05, 0) is 38.0 Å². The number of hydrogen-bond donors (Lipinski definition) is 1. The number of benzene rings is 2. The molecule has 0 amide bonds. The van der Waals surface area contributed by atoms with E-state index in [0.717, 1.165) is 12.1 Å². The molecule has 1 unspecified atom stereocenters. The second kappa shape index (κ2) is 6.94. The SMILES string of the molecule is CCOc1ccc(NC(C)Cc2ccccc2)cc1F. The first-order chi connectivity index (χ1) is 9.69. The van der Waals surface area contributed by atoms with Gasteiger partial charge in [0.2, 0.25) is 0 Å². The van der Waals surface area contributed by atoms with Crippen LogP contribution in [0.3, 0.4) is 0 Å². The van der Waals surface area contributed by atoms with Gasteiger partial charge in [-0.15, -0.1) is 0 Å². The van der Waals surface area contributed by atoms with Crippen LogP contribution in [0.2, 0.25) is 0 Å². The molecule has 0 aliphatic rings. The van der Waals surface area contributed by atoms with Crippen LogP contribution in [0.1, 0.15) is 19.4 Å². The van der Waals surface area contributed by atoms with Crippen LogP contribution in [0, 0.1) is 5.82 Å². The molecular formula is C17H20FNO. The Labute approximate surface area is 119 Å². The topological polar surface area (TPSA) is 21.3 Å². The first kappa shape index (κ1) is 14.4. The highest BCUT2D eigenvalue weighted by Crippen LogP contribution is 2.22. The number of ether oxygens (including phenoxy) is 1. The Hall–Kier alpha value is -2.03. The molecule has 0 fully saturated rings. The van der Waals surface area contributed by atoms with Gasteiger partial charge in [-0.3, -0.25) is 0 Å². The Morgan fingerprint density at radius 1 is 1.15 bits per heavy atom. The van der Waals surface area contributed by atoms with E-state index in [1.165, 1.54) is 11.6 Å². The fourth-order valence-corrected chi connectivity index (χ4v) is 2.17. The summed E-state index contributed by atoms with van der Waals surface area (Å²) in [5.41, 5.74) is 2.04. The molecular weight excluding hydrogens is 253 g/mol. The van der Waals surface area contributed by atoms with Crippen molar-refractivity contribution in [3.63, 3.8) is 0 Å². The highest BCUT2D eigenvalue weighted by Gasteiger charge is 2.07. The lowest BCUT2D eigenvalue weighted by molar-refractivity contribution is 0.321. The van der Waals surface area contributed by atoms with Crippen LogP contribution in [0.5, 0.6) is 5.75 Å². The zero-order valence-corrected chi connectivity index (χ0v) is 11.9. The average Bonchev–Trinajstić information content (AvgIpc) is 2.43. The lowest BCUT2D eigenvalue weighted by atomic mass is 10.1. The molecule has 1 atom stereocenters. The van der Waals surface area contributed by atoms with Gasteiger partial charge in [0, 0.05) is 17.8 Å². The predicted molar refractivity (Wildman–Crippen MR) is 80.8 cm³/mol. The highest BCUT2D eigenvalue weighted by atomic mass is 19.1. The average molecular weight is 273 g/mol. The van der Waals surface area contributed by atoms with Crippen molar-refractivity contribution in [2.75, 3.05) is 11.9 Å². The van der Waals surface area contributed by atoms with Crippen LogP contribution in [-0.2, 0) is 6.42 Å². The van der Waals surface area contributed by atoms with Crippen molar-refractivity contribution < 1.29 is 9.13 Å². The van der Waals surface area contributed by atoms with E-state index in [1.54, 1.807) is 6.07 Å². The van der Waals surface area contributed by atoms with Crippen molar-refractivity contribution in [1.29, 1.82) is 0 Å². The zero-order chi connectivity index (χ0) is 14.4. The van der Waals surface area contributed by atoms with Crippen LogP contribution in [-0.4, -0.2) is 12.6 Å². The number of halogens is 1. The van der Waals surface area contributed by atoms with Crippen molar-refractivity contribution >= 4 is 5.69 Å². The van der Waals surface area contributed by atoms with Crippen molar-refractivity contribution in [3.8, 4) is 5.75 Å². The van der Waals surface area contributed by atoms with Crippen molar-refractivity contribution in [1.82, 2.24) is 0 Å². The van der Waals surface area contributed by atoms with Crippen LogP contribution in [0.15, 0.2) is 48.5 Å². The van der Waals surface area contributed by atoms with E-state index in [9.17, 15) is 4.39 Å². The normalized spacial score (nSPS) is 11.9. The maximum atomic E-state index is 13.7. The Bertz CT molecular complexity index is 542. The summed E-state index contributed by atoms with van der Waals surface area (Å²) in [5, 5.41) is 3.30. The molecule has 0 heterocycles. The van der Waals surface area contributed by atoms with Gasteiger partial charge < -0.3 is 10.1 Å². The zero-order valence-electron chi connectivity index (χ0n) is 11.9. The largest absolute Gasteiger partial charge is 0.491 e. The molecule has 3 heteroatoms. The first-order valence-corrected chi connectivity index (χ1v) is 6.92. The maximum absolute atomic E-state index is 13.7. The number of nitrogens with one attached hydrogen (secondary N) is 1. The van der Waals surface area contributed by atoms with Crippen LogP contribution in [0.25, 0.3) is 0 Å². The Balaban J connectivity index is 1.97. The maximum Gasteiger partial charge on any atom is 0.167 e. The van der Waals surface area contributed by atoms with Gasteiger partial charge in [0.05, 0.1) is 6.61 Å². The molecule has 106 valence electrons. The quantitative estimate of drug-likeness (QED) is 0.848. The number of rotatable bonds is 6. The standard InChI is InChI=1S/C17H20FNO/c1-3-20-17-10-9-15(12-16(17)18)19-13(2)11-14-7-5-4-6-8-14/h4-10,12-13,19H,3,11H2,1-2H3. The summed E-state index contributed by atoms with van der Waals surface area (Å²) in [6.07, 6.45) is 0.898. The van der Waals surface area contributed by atoms with Crippen molar-refractivity contribution in [2.45, 2.75) is 26.3 Å². The smallest absolute Gasteiger partial charge is 0.167 e. The monoisotopic (exact) mass is 273 g/mol. The summed E-state index contributed by atoms with van der Waals surface area (Å²) in [6.45, 7) is 4.39. The second-order valence-electron chi connectivity index (χ2n) is 4.81. The van der Waals surface area contributed by atoms with E-state index >= 15 is 0 Å². The van der Waals surface area contributed by atoms with Crippen LogP contribution < -0.4 is 10.1 Å². The summed E-state index contributed by atoms with van der Waals surface area (Å²) in [7, 11) is 0. The van der Waals surface area contributed by atoms with Gasteiger partial charge in [0.1, 0.15) is 0 Å². The van der Waals surface area contributed by atoms with E-state index in [1.807, 2.05) is 31.2 Å². The summed E-state index contributed by atoms with van der Waals surface area (Å²) >= 11 is 0. The summed E-state index contributed by atoms with van der Waals surface area (Å²) in [5.74, 6) is -0.0301. The molecule has 0 spiro atoms. The third kappa shape index (κ3) is 3.98. The molecule has 2 aromatic rings. The first-order valence-electron chi connectivity index (χ1n) is 6.92. The van der Waals surface area contributed by atoms with E-state index in [4.69, 9.17) is 4.74 Å². The fourth-order valence-electron chi connectivity index (χ4n) is 2.17. The van der Waals surface area contributed by atoms with E-state index < -0.39 is 0 Å². The Kier molecular flexibility index (Phi) is 4.99. The highest BCUT2D eigenvalue weighted by molar-refractivity contribution is 5.48. The Morgan fingerprint density at radius 2 is 1.90 bits per heavy atom. The molecule has 20 heavy (non-hydrogen) atoms. The van der Waals surface area contributed by atoms with Gasteiger partial charge in [0.25, 0.3) is 0 Å². The summed E-state index contributed by atoms with van der Waals surface area (Å²) < 4.78 is 18.9. The molecule has 2 rings (SSSR count). The molecule has 2 aromatic carbocycles. The van der Waals surface area contributed by atoms with E-state index in [0.29, 0.717) is 12.4 Å². The molecule has 0 saturated heterocycles. The molecule has 0 bridgehead atoms. The van der Waals surface area contributed by atoms with E-state index in [-0.39, 0.29) is 11.9 Å². The molecule has 0 aliphatic heterocycles. The van der Waals surface area contributed by atoms with Gasteiger partial charge in [-0.25, -0.2) is 4.39 Å². The minimum absolute atomic E-state index is 0.231. The van der Waals surface area contributed by atoms with Gasteiger partial charge >= 0.3 is 0 Å². The summed E-state index contributed by atoms with van der Waals surface area (Å²) in [4.78, 5) is 0. The van der Waals surface area contributed by atoms with Crippen molar-refractivity contribution in [3.05, 3.63) is 59.9 Å². The summed E-state index contributed by atoms with van der Waals surface area (Å²) in [6, 6.07) is 15.5. The van der Waals surface area contributed by atoms with Crippen molar-refractivity contribution in [2.24, 2.45) is 0 Å². The lowest BCUT2D eigenvalue weighted by Gasteiger charge is -2.16. The van der Waals surface area contributed by atoms with Gasteiger partial charge in [-0.1, -0.05) is 30.3 Å². The third-order valence-corrected chi connectivity index (χ3v) is 3.03. The lowest BCUT2D eigenvalue weighted by Crippen LogP contribution is -2.18. The molecule has 0 saturated carbocycles.